The normalized spacial score (nSPS) is 10.1. The van der Waals surface area contributed by atoms with Crippen molar-refractivity contribution in [2.75, 3.05) is 13.2 Å². The summed E-state index contributed by atoms with van der Waals surface area (Å²) < 4.78 is 6.59. The van der Waals surface area contributed by atoms with Crippen LogP contribution in [-0.2, 0) is 0 Å². The molecule has 0 spiro atoms. The van der Waals surface area contributed by atoms with Crippen LogP contribution in [0.15, 0.2) is 22.7 Å². The van der Waals surface area contributed by atoms with E-state index in [1.807, 2.05) is 25.1 Å². The third-order valence-electron chi connectivity index (χ3n) is 1.75. The molecule has 1 aromatic carbocycles. The monoisotopic (exact) mass is 243 g/mol. The fraction of sp³-hybridized carbons (Fsp3) is 0.400. The molecule has 0 amide bonds. The highest BCUT2D eigenvalue weighted by Crippen LogP contribution is 2.21. The summed E-state index contributed by atoms with van der Waals surface area (Å²) in [5, 5.41) is 0. The van der Waals surface area contributed by atoms with Gasteiger partial charge in [-0.25, -0.2) is 0 Å². The van der Waals surface area contributed by atoms with E-state index in [1.165, 1.54) is 5.56 Å². The lowest BCUT2D eigenvalue weighted by Gasteiger charge is -2.06. The van der Waals surface area contributed by atoms with Crippen LogP contribution >= 0.6 is 15.9 Å². The molecule has 72 valence electrons. The predicted octanol–water partition coefficient (Wildman–Crippen LogP) is 2.49. The van der Waals surface area contributed by atoms with Crippen LogP contribution in [0.4, 0.5) is 0 Å². The maximum atomic E-state index is 5.48. The highest BCUT2D eigenvalue weighted by Gasteiger charge is 1.97. The molecule has 0 unspecified atom stereocenters. The molecule has 2 nitrogen and oxygen atoms in total. The molecule has 0 aliphatic rings. The second kappa shape index (κ2) is 5.25. The molecule has 0 aromatic heterocycles. The highest BCUT2D eigenvalue weighted by atomic mass is 79.9. The molecule has 0 fully saturated rings. The number of hydrogen-bond donors (Lipinski definition) is 1. The predicted molar refractivity (Wildman–Crippen MR) is 58.0 cm³/mol. The van der Waals surface area contributed by atoms with Gasteiger partial charge in [0, 0.05) is 4.47 Å². The van der Waals surface area contributed by atoms with E-state index in [0.29, 0.717) is 13.2 Å². The topological polar surface area (TPSA) is 35.2 Å². The van der Waals surface area contributed by atoms with Gasteiger partial charge in [0.25, 0.3) is 0 Å². The molecule has 0 radical (unpaired) electrons. The first-order valence-corrected chi connectivity index (χ1v) is 5.12. The van der Waals surface area contributed by atoms with Crippen LogP contribution in [0, 0.1) is 6.92 Å². The largest absolute Gasteiger partial charge is 0.494 e. The summed E-state index contributed by atoms with van der Waals surface area (Å²) in [5.74, 6) is 0.911. The Morgan fingerprint density at radius 2 is 2.23 bits per heavy atom. The number of halogens is 1. The second-order valence-corrected chi connectivity index (χ2v) is 3.76. The Bertz CT molecular complexity index is 276. The van der Waals surface area contributed by atoms with Gasteiger partial charge >= 0.3 is 0 Å². The number of hydrogen-bond acceptors (Lipinski definition) is 2. The van der Waals surface area contributed by atoms with Gasteiger partial charge in [0.15, 0.2) is 0 Å². The molecule has 0 bridgehead atoms. The van der Waals surface area contributed by atoms with Gasteiger partial charge in [-0.3, -0.25) is 0 Å². The van der Waals surface area contributed by atoms with Gasteiger partial charge in [0.1, 0.15) is 5.75 Å². The third-order valence-corrected chi connectivity index (χ3v) is 2.64. The highest BCUT2D eigenvalue weighted by molar-refractivity contribution is 9.10. The van der Waals surface area contributed by atoms with Gasteiger partial charge in [0.2, 0.25) is 0 Å². The first-order valence-electron chi connectivity index (χ1n) is 4.33. The van der Waals surface area contributed by atoms with Crippen molar-refractivity contribution in [2.24, 2.45) is 5.73 Å². The molecule has 1 aromatic rings. The molecular weight excluding hydrogens is 230 g/mol. The summed E-state index contributed by atoms with van der Waals surface area (Å²) in [6, 6.07) is 5.96. The van der Waals surface area contributed by atoms with Crippen molar-refractivity contribution in [2.45, 2.75) is 13.3 Å². The van der Waals surface area contributed by atoms with Gasteiger partial charge < -0.3 is 10.5 Å². The molecular formula is C10H14BrNO. The van der Waals surface area contributed by atoms with Gasteiger partial charge in [-0.15, -0.1) is 0 Å². The van der Waals surface area contributed by atoms with Crippen LogP contribution in [0.3, 0.4) is 0 Å². The number of rotatable bonds is 4. The smallest absolute Gasteiger partial charge is 0.119 e. The van der Waals surface area contributed by atoms with E-state index in [0.717, 1.165) is 16.6 Å². The summed E-state index contributed by atoms with van der Waals surface area (Å²) >= 11 is 3.44. The zero-order valence-electron chi connectivity index (χ0n) is 7.72. The lowest BCUT2D eigenvalue weighted by molar-refractivity contribution is 0.313. The van der Waals surface area contributed by atoms with Gasteiger partial charge in [0.05, 0.1) is 6.61 Å². The number of aryl methyl sites for hydroxylation is 1. The molecule has 0 saturated heterocycles. The molecule has 13 heavy (non-hydrogen) atoms. The van der Waals surface area contributed by atoms with E-state index >= 15 is 0 Å². The lowest BCUT2D eigenvalue weighted by atomic mass is 10.2. The Balaban J connectivity index is 2.53. The zero-order valence-corrected chi connectivity index (χ0v) is 9.30. The maximum Gasteiger partial charge on any atom is 0.119 e. The molecule has 2 N–H and O–H groups in total. The average molecular weight is 244 g/mol. The fourth-order valence-corrected chi connectivity index (χ4v) is 1.23. The summed E-state index contributed by atoms with van der Waals surface area (Å²) in [4.78, 5) is 0. The van der Waals surface area contributed by atoms with Crippen LogP contribution in [0.25, 0.3) is 0 Å². The average Bonchev–Trinajstić information content (AvgIpc) is 2.12. The quantitative estimate of drug-likeness (QED) is 0.826. The van der Waals surface area contributed by atoms with Crippen molar-refractivity contribution in [1.29, 1.82) is 0 Å². The van der Waals surface area contributed by atoms with E-state index in [4.69, 9.17) is 10.5 Å². The van der Waals surface area contributed by atoms with E-state index < -0.39 is 0 Å². The Morgan fingerprint density at radius 1 is 1.46 bits per heavy atom. The van der Waals surface area contributed by atoms with Crippen molar-refractivity contribution in [3.8, 4) is 5.75 Å². The van der Waals surface area contributed by atoms with Crippen molar-refractivity contribution in [1.82, 2.24) is 0 Å². The van der Waals surface area contributed by atoms with Crippen LogP contribution in [0.2, 0.25) is 0 Å². The molecule has 0 heterocycles. The number of benzene rings is 1. The van der Waals surface area contributed by atoms with Crippen molar-refractivity contribution < 1.29 is 4.74 Å². The van der Waals surface area contributed by atoms with Gasteiger partial charge in [-0.2, -0.15) is 0 Å². The molecule has 3 heteroatoms. The zero-order chi connectivity index (χ0) is 9.68. The number of ether oxygens (including phenoxy) is 1. The van der Waals surface area contributed by atoms with Crippen LogP contribution in [0.1, 0.15) is 12.0 Å². The van der Waals surface area contributed by atoms with Crippen molar-refractivity contribution in [3.63, 3.8) is 0 Å². The lowest BCUT2D eigenvalue weighted by Crippen LogP contribution is -2.06. The van der Waals surface area contributed by atoms with Crippen molar-refractivity contribution >= 4 is 15.9 Å². The molecule has 0 saturated carbocycles. The minimum atomic E-state index is 0.676. The van der Waals surface area contributed by atoms with Gasteiger partial charge in [-0.05, 0) is 43.7 Å². The minimum Gasteiger partial charge on any atom is -0.494 e. The summed E-state index contributed by atoms with van der Waals surface area (Å²) in [5.41, 5.74) is 6.54. The van der Waals surface area contributed by atoms with E-state index in [2.05, 4.69) is 15.9 Å². The Kier molecular flexibility index (Phi) is 4.25. The molecule has 1 rings (SSSR count). The first kappa shape index (κ1) is 10.5. The summed E-state index contributed by atoms with van der Waals surface area (Å²) in [7, 11) is 0. The van der Waals surface area contributed by atoms with E-state index in [-0.39, 0.29) is 0 Å². The Morgan fingerprint density at radius 3 is 2.85 bits per heavy atom. The Labute approximate surface area is 87.2 Å². The van der Waals surface area contributed by atoms with Crippen molar-refractivity contribution in [3.05, 3.63) is 28.2 Å². The molecule has 0 aliphatic heterocycles. The SMILES string of the molecule is Cc1cc(OCCCN)ccc1Br. The number of nitrogens with two attached hydrogens (primary N) is 1. The fourth-order valence-electron chi connectivity index (χ4n) is 0.980. The molecule has 0 aliphatic carbocycles. The molecule has 0 atom stereocenters. The summed E-state index contributed by atoms with van der Waals surface area (Å²) in [6.45, 7) is 3.41. The maximum absolute atomic E-state index is 5.48. The minimum absolute atomic E-state index is 0.676. The van der Waals surface area contributed by atoms with Crippen LogP contribution < -0.4 is 10.5 Å². The Hall–Kier alpha value is -0.540. The van der Waals surface area contributed by atoms with E-state index in [9.17, 15) is 0 Å². The van der Waals surface area contributed by atoms with E-state index in [1.54, 1.807) is 0 Å². The standard InChI is InChI=1S/C10H14BrNO/c1-8-7-9(3-4-10(8)11)13-6-2-5-12/h3-4,7H,2,5-6,12H2,1H3. The third kappa shape index (κ3) is 3.36. The summed E-state index contributed by atoms with van der Waals surface area (Å²) in [6.07, 6.45) is 0.898. The first-order chi connectivity index (χ1) is 6.24. The van der Waals surface area contributed by atoms with Gasteiger partial charge in [-0.1, -0.05) is 15.9 Å². The van der Waals surface area contributed by atoms with Crippen LogP contribution in [0.5, 0.6) is 5.75 Å². The van der Waals surface area contributed by atoms with Crippen LogP contribution in [-0.4, -0.2) is 13.2 Å². The second-order valence-electron chi connectivity index (χ2n) is 2.90.